The van der Waals surface area contributed by atoms with Crippen molar-refractivity contribution in [3.63, 3.8) is 0 Å². The number of hydrogen-bond donors (Lipinski definition) is 2. The molecule has 0 aromatic carbocycles. The van der Waals surface area contributed by atoms with E-state index in [2.05, 4.69) is 15.7 Å². The fraction of sp³-hybridized carbons (Fsp3) is 0.833. The third kappa shape index (κ3) is 3.26. The molecule has 1 saturated carbocycles. The molecule has 3 N–H and O–H groups in total. The van der Waals surface area contributed by atoms with Crippen LogP contribution in [0.25, 0.3) is 0 Å². The van der Waals surface area contributed by atoms with Gasteiger partial charge in [0, 0.05) is 7.05 Å². The highest BCUT2D eigenvalue weighted by molar-refractivity contribution is 5.01. The molecule has 96 valence electrons. The predicted molar refractivity (Wildman–Crippen MR) is 66.9 cm³/mol. The van der Waals surface area contributed by atoms with Gasteiger partial charge in [-0.2, -0.15) is 0 Å². The first-order chi connectivity index (χ1) is 8.31. The molecular formula is C12H23N5. The van der Waals surface area contributed by atoms with Gasteiger partial charge in [-0.1, -0.05) is 37.3 Å². The highest BCUT2D eigenvalue weighted by Crippen LogP contribution is 2.29. The molecular weight excluding hydrogens is 214 g/mol. The molecule has 1 aromatic rings. The van der Waals surface area contributed by atoms with Crippen molar-refractivity contribution in [2.75, 3.05) is 0 Å². The Morgan fingerprint density at radius 1 is 1.47 bits per heavy atom. The van der Waals surface area contributed by atoms with Crippen molar-refractivity contribution in [3.8, 4) is 0 Å². The van der Waals surface area contributed by atoms with E-state index in [0.29, 0.717) is 0 Å². The van der Waals surface area contributed by atoms with Gasteiger partial charge in [0.25, 0.3) is 0 Å². The number of aryl methyl sites for hydroxylation is 1. The summed E-state index contributed by atoms with van der Waals surface area (Å²) in [5, 5.41) is 7.85. The molecule has 1 atom stereocenters. The van der Waals surface area contributed by atoms with Gasteiger partial charge in [0.05, 0.1) is 17.9 Å². The van der Waals surface area contributed by atoms with E-state index in [4.69, 9.17) is 5.84 Å². The van der Waals surface area contributed by atoms with Gasteiger partial charge in [-0.15, -0.1) is 5.10 Å². The zero-order chi connectivity index (χ0) is 12.1. The molecule has 0 spiro atoms. The average molecular weight is 237 g/mol. The van der Waals surface area contributed by atoms with Crippen molar-refractivity contribution in [1.82, 2.24) is 20.4 Å². The Bertz CT molecular complexity index is 329. The van der Waals surface area contributed by atoms with E-state index >= 15 is 0 Å². The highest BCUT2D eigenvalue weighted by Gasteiger charge is 2.18. The average Bonchev–Trinajstić information content (AvgIpc) is 2.78. The van der Waals surface area contributed by atoms with Gasteiger partial charge >= 0.3 is 0 Å². The molecule has 1 heterocycles. The zero-order valence-electron chi connectivity index (χ0n) is 10.6. The molecule has 0 aliphatic heterocycles. The van der Waals surface area contributed by atoms with E-state index in [1.54, 1.807) is 10.9 Å². The molecule has 1 aliphatic rings. The second-order valence-electron chi connectivity index (χ2n) is 5.08. The summed E-state index contributed by atoms with van der Waals surface area (Å²) in [5.41, 5.74) is 3.96. The van der Waals surface area contributed by atoms with Gasteiger partial charge in [0.15, 0.2) is 0 Å². The summed E-state index contributed by atoms with van der Waals surface area (Å²) in [4.78, 5) is 0. The largest absolute Gasteiger partial charge is 0.271 e. The second-order valence-corrected chi connectivity index (χ2v) is 5.08. The van der Waals surface area contributed by atoms with Crippen LogP contribution in [0.3, 0.4) is 0 Å². The van der Waals surface area contributed by atoms with Gasteiger partial charge in [-0.05, 0) is 18.8 Å². The summed E-state index contributed by atoms with van der Waals surface area (Å²) in [6.07, 6.45) is 11.1. The molecule has 1 unspecified atom stereocenters. The van der Waals surface area contributed by atoms with Crippen LogP contribution in [0.1, 0.15) is 56.7 Å². The van der Waals surface area contributed by atoms with E-state index in [1.165, 1.54) is 38.5 Å². The Balaban J connectivity index is 1.85. The summed E-state index contributed by atoms with van der Waals surface area (Å²) in [6.45, 7) is 0. The predicted octanol–water partition coefficient (Wildman–Crippen LogP) is 1.68. The van der Waals surface area contributed by atoms with Crippen LogP contribution in [0.4, 0.5) is 0 Å². The highest BCUT2D eigenvalue weighted by atomic mass is 15.4. The third-order valence-corrected chi connectivity index (χ3v) is 3.90. The third-order valence-electron chi connectivity index (χ3n) is 3.90. The molecule has 0 bridgehead atoms. The van der Waals surface area contributed by atoms with Crippen molar-refractivity contribution >= 4 is 0 Å². The number of hydrazine groups is 1. The van der Waals surface area contributed by atoms with Crippen molar-refractivity contribution in [2.45, 2.75) is 51.0 Å². The zero-order valence-corrected chi connectivity index (χ0v) is 10.6. The number of nitrogens with two attached hydrogens (primary N) is 1. The van der Waals surface area contributed by atoms with Crippen molar-refractivity contribution < 1.29 is 0 Å². The SMILES string of the molecule is Cn1nncc1C(CCC1CCCCC1)NN. The maximum absolute atomic E-state index is 5.63. The molecule has 0 saturated heterocycles. The molecule has 1 aromatic heterocycles. The number of nitrogens with one attached hydrogen (secondary N) is 1. The standard InChI is InChI=1S/C12H23N5/c1-17-12(9-14-16-17)11(15-13)8-7-10-5-3-2-4-6-10/h9-11,15H,2-8,13H2,1H3. The van der Waals surface area contributed by atoms with E-state index in [9.17, 15) is 0 Å². The molecule has 1 aliphatic carbocycles. The fourth-order valence-electron chi connectivity index (χ4n) is 2.81. The Morgan fingerprint density at radius 2 is 2.24 bits per heavy atom. The minimum atomic E-state index is 0.178. The number of hydrogen-bond acceptors (Lipinski definition) is 4. The smallest absolute Gasteiger partial charge is 0.0766 e. The van der Waals surface area contributed by atoms with Gasteiger partial charge in [-0.25, -0.2) is 0 Å². The molecule has 5 heteroatoms. The number of aromatic nitrogens is 3. The van der Waals surface area contributed by atoms with Gasteiger partial charge in [0.2, 0.25) is 0 Å². The van der Waals surface area contributed by atoms with Crippen LogP contribution in [-0.2, 0) is 7.05 Å². The van der Waals surface area contributed by atoms with Crippen LogP contribution in [0, 0.1) is 5.92 Å². The van der Waals surface area contributed by atoms with Gasteiger partial charge < -0.3 is 0 Å². The lowest BCUT2D eigenvalue weighted by Gasteiger charge is -2.23. The van der Waals surface area contributed by atoms with Crippen molar-refractivity contribution in [3.05, 3.63) is 11.9 Å². The van der Waals surface area contributed by atoms with Crippen LogP contribution >= 0.6 is 0 Å². The summed E-state index contributed by atoms with van der Waals surface area (Å²) < 4.78 is 1.80. The second kappa shape index (κ2) is 6.12. The van der Waals surface area contributed by atoms with Crippen LogP contribution < -0.4 is 11.3 Å². The minimum Gasteiger partial charge on any atom is -0.271 e. The van der Waals surface area contributed by atoms with Crippen LogP contribution in [0.2, 0.25) is 0 Å². The Morgan fingerprint density at radius 3 is 2.82 bits per heavy atom. The Kier molecular flexibility index (Phi) is 4.50. The van der Waals surface area contributed by atoms with Crippen LogP contribution in [0.15, 0.2) is 6.20 Å². The van der Waals surface area contributed by atoms with E-state index in [-0.39, 0.29) is 6.04 Å². The molecule has 17 heavy (non-hydrogen) atoms. The first kappa shape index (κ1) is 12.5. The van der Waals surface area contributed by atoms with Gasteiger partial charge in [0.1, 0.15) is 0 Å². The lowest BCUT2D eigenvalue weighted by Crippen LogP contribution is -2.30. The Hall–Kier alpha value is -0.940. The number of nitrogens with zero attached hydrogens (tertiary/aromatic N) is 3. The van der Waals surface area contributed by atoms with Crippen LogP contribution in [-0.4, -0.2) is 15.0 Å². The molecule has 1 fully saturated rings. The lowest BCUT2D eigenvalue weighted by atomic mass is 9.85. The molecule has 0 radical (unpaired) electrons. The Labute approximate surface area is 103 Å². The monoisotopic (exact) mass is 237 g/mol. The molecule has 5 nitrogen and oxygen atoms in total. The first-order valence-electron chi connectivity index (χ1n) is 6.62. The summed E-state index contributed by atoms with van der Waals surface area (Å²) in [5.74, 6) is 6.52. The van der Waals surface area contributed by atoms with E-state index in [0.717, 1.165) is 18.0 Å². The first-order valence-corrected chi connectivity index (χ1v) is 6.62. The van der Waals surface area contributed by atoms with Crippen molar-refractivity contribution in [2.24, 2.45) is 18.8 Å². The van der Waals surface area contributed by atoms with E-state index in [1.807, 2.05) is 7.05 Å². The fourth-order valence-corrected chi connectivity index (χ4v) is 2.81. The molecule has 0 amide bonds. The summed E-state index contributed by atoms with van der Waals surface area (Å²) >= 11 is 0. The normalized spacial score (nSPS) is 19.4. The minimum absolute atomic E-state index is 0.178. The van der Waals surface area contributed by atoms with E-state index < -0.39 is 0 Å². The molecule has 2 rings (SSSR count). The maximum atomic E-state index is 5.63. The summed E-state index contributed by atoms with van der Waals surface area (Å²) in [7, 11) is 1.91. The van der Waals surface area contributed by atoms with Gasteiger partial charge in [-0.3, -0.25) is 16.0 Å². The van der Waals surface area contributed by atoms with Crippen molar-refractivity contribution in [1.29, 1.82) is 0 Å². The van der Waals surface area contributed by atoms with Crippen LogP contribution in [0.5, 0.6) is 0 Å². The number of rotatable bonds is 5. The topological polar surface area (TPSA) is 68.8 Å². The summed E-state index contributed by atoms with van der Waals surface area (Å²) in [6, 6.07) is 0.178. The lowest BCUT2D eigenvalue weighted by molar-refractivity contribution is 0.312. The quantitative estimate of drug-likeness (QED) is 0.604. The maximum Gasteiger partial charge on any atom is 0.0766 e.